The predicted molar refractivity (Wildman–Crippen MR) is 112 cm³/mol. The molecule has 1 aromatic rings. The molecule has 0 amide bonds. The molecule has 1 N–H and O–H groups in total. The van der Waals surface area contributed by atoms with Crippen LogP contribution in [-0.2, 0) is 12.8 Å². The third-order valence-corrected chi connectivity index (χ3v) is 6.91. The highest BCUT2D eigenvalue weighted by Gasteiger charge is 2.34. The highest BCUT2D eigenvalue weighted by atomic mass is 16.4. The van der Waals surface area contributed by atoms with Crippen LogP contribution in [0.4, 0.5) is 0 Å². The van der Waals surface area contributed by atoms with E-state index < -0.39 is 0 Å². The van der Waals surface area contributed by atoms with E-state index in [1.54, 1.807) is 0 Å². The van der Waals surface area contributed by atoms with Crippen molar-refractivity contribution in [3.63, 3.8) is 0 Å². The van der Waals surface area contributed by atoms with Crippen molar-refractivity contribution in [1.82, 2.24) is 15.1 Å². The molecule has 0 radical (unpaired) electrons. The Hall–Kier alpha value is -1.20. The lowest BCUT2D eigenvalue weighted by molar-refractivity contribution is 0.103. The molecule has 3 rings (SSSR count). The summed E-state index contributed by atoms with van der Waals surface area (Å²) < 4.78 is 5.86. The molecule has 1 aliphatic heterocycles. The van der Waals surface area contributed by atoms with Gasteiger partial charge in [0.25, 0.3) is 0 Å². The van der Waals surface area contributed by atoms with Gasteiger partial charge in [-0.3, -0.25) is 0 Å². The van der Waals surface area contributed by atoms with Gasteiger partial charge in [-0.1, -0.05) is 32.4 Å². The molecule has 5 heteroatoms. The Morgan fingerprint density at radius 3 is 2.57 bits per heavy atom. The summed E-state index contributed by atoms with van der Waals surface area (Å²) in [6, 6.07) is 0. The average molecular weight is 390 g/mol. The van der Waals surface area contributed by atoms with Crippen LogP contribution >= 0.6 is 0 Å². The summed E-state index contributed by atoms with van der Waals surface area (Å²) in [6.45, 7) is 12.9. The van der Waals surface area contributed by atoms with Crippen molar-refractivity contribution in [2.45, 2.75) is 66.2 Å². The molecule has 0 saturated carbocycles. The van der Waals surface area contributed by atoms with Crippen LogP contribution in [0.1, 0.15) is 65.2 Å². The fourth-order valence-electron chi connectivity index (χ4n) is 5.03. The molecule has 158 valence electrons. The lowest BCUT2D eigenvalue weighted by Gasteiger charge is -2.40. The molecule has 0 spiro atoms. The van der Waals surface area contributed by atoms with E-state index in [1.807, 2.05) is 0 Å². The van der Waals surface area contributed by atoms with E-state index in [1.165, 1.54) is 12.0 Å². The monoisotopic (exact) mass is 389 g/mol. The molecule has 0 aromatic carbocycles. The number of aromatic nitrogens is 2. The van der Waals surface area contributed by atoms with E-state index in [-0.39, 0.29) is 0 Å². The van der Waals surface area contributed by atoms with Gasteiger partial charge in [-0.05, 0) is 75.3 Å². The number of piperidine rings is 1. The highest BCUT2D eigenvalue weighted by Crippen LogP contribution is 2.39. The first-order valence-corrected chi connectivity index (χ1v) is 11.3. The molecule has 1 aliphatic carbocycles. The van der Waals surface area contributed by atoms with Crippen molar-refractivity contribution in [2.75, 3.05) is 26.2 Å². The van der Waals surface area contributed by atoms with Crippen LogP contribution in [0.5, 0.6) is 0 Å². The molecule has 28 heavy (non-hydrogen) atoms. The number of aryl methyl sites for hydroxylation is 1. The van der Waals surface area contributed by atoms with Crippen molar-refractivity contribution in [3.05, 3.63) is 23.4 Å². The van der Waals surface area contributed by atoms with E-state index in [2.05, 4.69) is 48.9 Å². The lowest BCUT2D eigenvalue weighted by Crippen LogP contribution is -2.41. The van der Waals surface area contributed by atoms with Gasteiger partial charge in [0, 0.05) is 26.0 Å². The fraction of sp³-hybridized carbons (Fsp3) is 0.826. The highest BCUT2D eigenvalue weighted by molar-refractivity contribution is 5.14. The first-order valence-electron chi connectivity index (χ1n) is 11.3. The van der Waals surface area contributed by atoms with Gasteiger partial charge in [0.15, 0.2) is 0 Å². The molecule has 1 saturated heterocycles. The Kier molecular flexibility index (Phi) is 7.69. The van der Waals surface area contributed by atoms with Crippen LogP contribution in [0.3, 0.4) is 0 Å². The number of hydrogen-bond donors (Lipinski definition) is 1. The summed E-state index contributed by atoms with van der Waals surface area (Å²) >= 11 is 0. The number of aliphatic hydroxyl groups is 1. The molecule has 3 atom stereocenters. The van der Waals surface area contributed by atoms with Gasteiger partial charge in [0.2, 0.25) is 11.8 Å². The quantitative estimate of drug-likeness (QED) is 0.678. The Labute approximate surface area is 170 Å². The van der Waals surface area contributed by atoms with Gasteiger partial charge in [0.05, 0.1) is 0 Å². The van der Waals surface area contributed by atoms with Crippen molar-refractivity contribution in [2.24, 2.45) is 29.6 Å². The number of allylic oxidation sites excluding steroid dienone is 1. The topological polar surface area (TPSA) is 62.4 Å². The zero-order valence-electron chi connectivity index (χ0n) is 18.2. The van der Waals surface area contributed by atoms with Crippen molar-refractivity contribution >= 4 is 0 Å². The van der Waals surface area contributed by atoms with Crippen LogP contribution in [0.15, 0.2) is 16.1 Å². The third-order valence-electron chi connectivity index (χ3n) is 6.91. The Bertz CT molecular complexity index is 632. The van der Waals surface area contributed by atoms with Gasteiger partial charge in [-0.15, -0.1) is 10.2 Å². The lowest BCUT2D eigenvalue weighted by atomic mass is 9.69. The second-order valence-corrected chi connectivity index (χ2v) is 9.39. The summed E-state index contributed by atoms with van der Waals surface area (Å²) in [5.74, 6) is 4.59. The van der Waals surface area contributed by atoms with Gasteiger partial charge in [-0.2, -0.15) is 0 Å². The summed E-state index contributed by atoms with van der Waals surface area (Å²) in [5.41, 5.74) is 1.49. The van der Waals surface area contributed by atoms with E-state index in [0.717, 1.165) is 63.5 Å². The molecule has 5 nitrogen and oxygen atoms in total. The maximum absolute atomic E-state index is 9.38. The van der Waals surface area contributed by atoms with Crippen LogP contribution < -0.4 is 0 Å². The van der Waals surface area contributed by atoms with Crippen LogP contribution in [-0.4, -0.2) is 46.4 Å². The maximum atomic E-state index is 9.38. The molecule has 1 aromatic heterocycles. The minimum absolute atomic E-state index is 0.349. The van der Waals surface area contributed by atoms with Gasteiger partial charge in [-0.25, -0.2) is 0 Å². The van der Waals surface area contributed by atoms with Crippen LogP contribution in [0.25, 0.3) is 0 Å². The van der Waals surface area contributed by atoms with Gasteiger partial charge in [0.1, 0.15) is 0 Å². The molecule has 1 fully saturated rings. The maximum Gasteiger partial charge on any atom is 0.217 e. The van der Waals surface area contributed by atoms with Crippen molar-refractivity contribution in [1.29, 1.82) is 0 Å². The molecule has 0 bridgehead atoms. The normalized spacial score (nSPS) is 27.4. The molecule has 2 aliphatic rings. The van der Waals surface area contributed by atoms with Gasteiger partial charge < -0.3 is 14.4 Å². The fourth-order valence-corrected chi connectivity index (χ4v) is 5.03. The molecule has 0 unspecified atom stereocenters. The van der Waals surface area contributed by atoms with Gasteiger partial charge >= 0.3 is 0 Å². The van der Waals surface area contributed by atoms with E-state index in [9.17, 15) is 5.11 Å². The summed E-state index contributed by atoms with van der Waals surface area (Å²) in [7, 11) is 0. The summed E-state index contributed by atoms with van der Waals surface area (Å²) in [5, 5.41) is 17.9. The van der Waals surface area contributed by atoms with E-state index in [4.69, 9.17) is 4.42 Å². The Balaban J connectivity index is 1.63. The zero-order chi connectivity index (χ0) is 20.1. The van der Waals surface area contributed by atoms with Crippen LogP contribution in [0.2, 0.25) is 0 Å². The molecular weight excluding hydrogens is 350 g/mol. The number of nitrogens with zero attached hydrogens (tertiary/aromatic N) is 3. The molecule has 2 heterocycles. The third kappa shape index (κ3) is 5.44. The minimum atomic E-state index is 0.349. The second-order valence-electron chi connectivity index (χ2n) is 9.39. The number of rotatable bonds is 8. The predicted octanol–water partition coefficient (Wildman–Crippen LogP) is 4.12. The SMILES string of the molecule is CCCc1nnc(C[C@@H]2C[C@@H](C(C)C)[C@H](CN3CCC(CO)CC3)C=C2C)o1. The zero-order valence-corrected chi connectivity index (χ0v) is 18.2. The smallest absolute Gasteiger partial charge is 0.217 e. The first-order chi connectivity index (χ1) is 13.5. The van der Waals surface area contributed by atoms with E-state index in [0.29, 0.717) is 36.2 Å². The standard InChI is InChI=1S/C23H39N3O2/c1-5-6-22-24-25-23(28-22)13-19-12-21(16(2)3)20(11-17(19)4)14-26-9-7-18(15-27)8-10-26/h11,16,18-21,27H,5-10,12-15H2,1-4H3/t19-,20-,21-/m0/s1. The minimum Gasteiger partial charge on any atom is -0.425 e. The van der Waals surface area contributed by atoms with E-state index >= 15 is 0 Å². The number of likely N-dealkylation sites (tertiary alicyclic amines) is 1. The second kappa shape index (κ2) is 10.0. The molecular formula is C23H39N3O2. The average Bonchev–Trinajstić information content (AvgIpc) is 3.11. The van der Waals surface area contributed by atoms with Crippen molar-refractivity contribution < 1.29 is 9.52 Å². The summed E-state index contributed by atoms with van der Waals surface area (Å²) in [6.07, 6.45) is 8.81. The van der Waals surface area contributed by atoms with Crippen molar-refractivity contribution in [3.8, 4) is 0 Å². The Morgan fingerprint density at radius 2 is 1.93 bits per heavy atom. The Morgan fingerprint density at radius 1 is 1.21 bits per heavy atom. The van der Waals surface area contributed by atoms with Crippen LogP contribution in [0, 0.1) is 29.6 Å². The number of hydrogen-bond acceptors (Lipinski definition) is 5. The summed E-state index contributed by atoms with van der Waals surface area (Å²) in [4.78, 5) is 2.62. The largest absolute Gasteiger partial charge is 0.425 e. The first kappa shape index (κ1) is 21.5. The number of aliphatic hydroxyl groups excluding tert-OH is 1.